The molecule has 4 heavy (non-hydrogen) atoms. The van der Waals surface area contributed by atoms with E-state index in [9.17, 15) is 0 Å². The van der Waals surface area contributed by atoms with Crippen LogP contribution in [-0.4, -0.2) is 14.1 Å². The summed E-state index contributed by atoms with van der Waals surface area (Å²) in [7, 11) is 3.75. The Morgan fingerprint density at radius 2 is 1.25 bits per heavy atom. The summed E-state index contributed by atoms with van der Waals surface area (Å²) in [4.78, 5) is 0. The molecule has 0 unspecified atom stereocenters. The number of hydrogen-bond donors (Lipinski definition) is 1. The monoisotopic (exact) mass is 135 g/mol. The molecule has 0 aliphatic heterocycles. The van der Waals surface area contributed by atoms with Gasteiger partial charge in [-0.1, -0.05) is 0 Å². The van der Waals surface area contributed by atoms with Crippen LogP contribution in [0.1, 0.15) is 0 Å². The van der Waals surface area contributed by atoms with Crippen molar-refractivity contribution in [3.8, 4) is 0 Å². The minimum Gasteiger partial charge on any atom is -0.323 e. The van der Waals surface area contributed by atoms with Crippen molar-refractivity contribution in [2.75, 3.05) is 14.1 Å². The van der Waals surface area contributed by atoms with Crippen molar-refractivity contribution in [3.63, 3.8) is 0 Å². The van der Waals surface area contributed by atoms with Gasteiger partial charge < -0.3 is 5.32 Å². The molecule has 0 saturated carbocycles. The van der Waals surface area contributed by atoms with Crippen LogP contribution >= 0.6 is 0 Å². The average Bonchev–Trinajstić information content (AvgIpc) is 0.918. The van der Waals surface area contributed by atoms with Gasteiger partial charge in [0.05, 0.1) is 0 Å². The Labute approximate surface area is 45.9 Å². The first-order valence-electron chi connectivity index (χ1n) is 1.00. The topological polar surface area (TPSA) is 12.0 Å². The van der Waals surface area contributed by atoms with Crippen LogP contribution in [0, 0.1) is 0 Å². The maximum Gasteiger partial charge on any atom is 4.00 e. The van der Waals surface area contributed by atoms with Gasteiger partial charge in [0.1, 0.15) is 0 Å². The Bertz CT molecular complexity index is 6.00. The van der Waals surface area contributed by atoms with E-state index in [1.54, 1.807) is 0 Å². The number of nitrogens with one attached hydrogen (secondary N) is 1. The van der Waals surface area contributed by atoms with Gasteiger partial charge in [0.2, 0.25) is 0 Å². The molecule has 1 nitrogen and oxygen atoms in total. The molecule has 1 N–H and O–H groups in total. The van der Waals surface area contributed by atoms with Crippen molar-refractivity contribution >= 4 is 0 Å². The Hall–Kier alpha value is 0.843. The van der Waals surface area contributed by atoms with Crippen molar-refractivity contribution in [2.45, 2.75) is 0 Å². The summed E-state index contributed by atoms with van der Waals surface area (Å²) >= 11 is 0. The first-order chi connectivity index (χ1) is 1.41. The van der Waals surface area contributed by atoms with Crippen LogP contribution < -0.4 is 5.32 Å². The first kappa shape index (κ1) is 8.85. The van der Waals surface area contributed by atoms with Crippen LogP contribution in [0.15, 0.2) is 0 Å². The second kappa shape index (κ2) is 9.14. The van der Waals surface area contributed by atoms with Crippen molar-refractivity contribution in [1.29, 1.82) is 0 Å². The van der Waals surface area contributed by atoms with E-state index < -0.39 is 0 Å². The molecular formula is C2H7NZr+4. The molecule has 0 bridgehead atoms. The second-order valence-corrected chi connectivity index (χ2v) is 0.500. The zero-order valence-corrected chi connectivity index (χ0v) is 5.46. The van der Waals surface area contributed by atoms with Crippen molar-refractivity contribution < 1.29 is 26.2 Å². The quantitative estimate of drug-likeness (QED) is 0.488. The Balaban J connectivity index is 0. The zero-order chi connectivity index (χ0) is 2.71. The molecule has 0 radical (unpaired) electrons. The predicted octanol–water partition coefficient (Wildman–Crippen LogP) is -0.167. The fraction of sp³-hybridized carbons (Fsp3) is 1.00. The molecule has 0 rings (SSSR count). The van der Waals surface area contributed by atoms with Gasteiger partial charge in [-0.25, -0.2) is 0 Å². The van der Waals surface area contributed by atoms with Crippen LogP contribution in [0.3, 0.4) is 0 Å². The molecule has 0 aromatic heterocycles. The van der Waals surface area contributed by atoms with E-state index in [0.29, 0.717) is 0 Å². The zero-order valence-electron chi connectivity index (χ0n) is 3.00. The van der Waals surface area contributed by atoms with Gasteiger partial charge in [0.25, 0.3) is 0 Å². The Kier molecular flexibility index (Phi) is 20.2. The fourth-order valence-electron chi connectivity index (χ4n) is 0. The maximum absolute atomic E-state index is 2.75. The number of rotatable bonds is 0. The van der Waals surface area contributed by atoms with Gasteiger partial charge in [-0.05, 0) is 14.1 Å². The molecule has 0 saturated heterocycles. The summed E-state index contributed by atoms with van der Waals surface area (Å²) in [5.74, 6) is 0. The first-order valence-corrected chi connectivity index (χ1v) is 1.00. The molecule has 0 atom stereocenters. The van der Waals surface area contributed by atoms with Crippen LogP contribution in [0.5, 0.6) is 0 Å². The fourth-order valence-corrected chi connectivity index (χ4v) is 0. The van der Waals surface area contributed by atoms with Crippen molar-refractivity contribution in [3.05, 3.63) is 0 Å². The largest absolute Gasteiger partial charge is 4.00 e. The molecular weight excluding hydrogens is 129 g/mol. The molecule has 0 aliphatic carbocycles. The molecule has 0 heterocycles. The van der Waals surface area contributed by atoms with Gasteiger partial charge in [0.15, 0.2) is 0 Å². The number of hydrogen-bond acceptors (Lipinski definition) is 1. The molecule has 0 spiro atoms. The summed E-state index contributed by atoms with van der Waals surface area (Å²) in [6, 6.07) is 0. The van der Waals surface area contributed by atoms with E-state index in [1.807, 2.05) is 14.1 Å². The van der Waals surface area contributed by atoms with E-state index in [0.717, 1.165) is 0 Å². The maximum atomic E-state index is 2.75. The normalized spacial score (nSPS) is 4.50. The van der Waals surface area contributed by atoms with Gasteiger partial charge in [-0.15, -0.1) is 0 Å². The van der Waals surface area contributed by atoms with Crippen molar-refractivity contribution in [1.82, 2.24) is 5.32 Å². The van der Waals surface area contributed by atoms with E-state index >= 15 is 0 Å². The third-order valence-electron chi connectivity index (χ3n) is 0. The summed E-state index contributed by atoms with van der Waals surface area (Å²) in [5.41, 5.74) is 0. The minimum absolute atomic E-state index is 0. The summed E-state index contributed by atoms with van der Waals surface area (Å²) in [6.07, 6.45) is 0. The summed E-state index contributed by atoms with van der Waals surface area (Å²) < 4.78 is 0. The molecule has 0 fully saturated rings. The van der Waals surface area contributed by atoms with E-state index in [4.69, 9.17) is 0 Å². The SMILES string of the molecule is CNC.[Zr+4]. The van der Waals surface area contributed by atoms with Crippen LogP contribution in [0.2, 0.25) is 0 Å². The Morgan fingerprint density at radius 1 is 1.25 bits per heavy atom. The standard InChI is InChI=1S/C2H7N.Zr/c1-3-2;/h3H,1-2H3;/q;+4. The van der Waals surface area contributed by atoms with E-state index in [1.165, 1.54) is 0 Å². The predicted molar refractivity (Wildman–Crippen MR) is 15.0 cm³/mol. The summed E-state index contributed by atoms with van der Waals surface area (Å²) in [6.45, 7) is 0. The van der Waals surface area contributed by atoms with Crippen molar-refractivity contribution in [2.24, 2.45) is 0 Å². The molecule has 20 valence electrons. The summed E-state index contributed by atoms with van der Waals surface area (Å²) in [5, 5.41) is 2.75. The minimum atomic E-state index is 0. The van der Waals surface area contributed by atoms with Crippen LogP contribution in [0.4, 0.5) is 0 Å². The second-order valence-electron chi connectivity index (χ2n) is 0.500. The molecule has 0 aromatic carbocycles. The third kappa shape index (κ3) is 13.6. The molecule has 0 aliphatic rings. The van der Waals surface area contributed by atoms with Crippen LogP contribution in [-0.2, 0) is 26.2 Å². The smallest absolute Gasteiger partial charge is 0.323 e. The molecule has 0 aromatic rings. The average molecular weight is 136 g/mol. The molecule has 0 amide bonds. The van der Waals surface area contributed by atoms with Gasteiger partial charge in [-0.2, -0.15) is 0 Å². The molecule has 2 heteroatoms. The van der Waals surface area contributed by atoms with Gasteiger partial charge >= 0.3 is 26.2 Å². The van der Waals surface area contributed by atoms with Gasteiger partial charge in [-0.3, -0.25) is 0 Å². The third-order valence-corrected chi connectivity index (χ3v) is 0. The van der Waals surface area contributed by atoms with E-state index in [-0.39, 0.29) is 26.2 Å². The Morgan fingerprint density at radius 3 is 1.25 bits per heavy atom. The van der Waals surface area contributed by atoms with Gasteiger partial charge in [0, 0.05) is 0 Å². The van der Waals surface area contributed by atoms with Crippen LogP contribution in [0.25, 0.3) is 0 Å². The van der Waals surface area contributed by atoms with E-state index in [2.05, 4.69) is 5.32 Å².